The van der Waals surface area contributed by atoms with Crippen molar-refractivity contribution in [3.63, 3.8) is 0 Å². The summed E-state index contributed by atoms with van der Waals surface area (Å²) in [6, 6.07) is 0. The van der Waals surface area contributed by atoms with E-state index in [4.69, 9.17) is 0 Å². The van der Waals surface area contributed by atoms with Gasteiger partial charge in [0.2, 0.25) is 5.43 Å². The molecule has 0 spiro atoms. The summed E-state index contributed by atoms with van der Waals surface area (Å²) in [4.78, 5) is 35.9. The van der Waals surface area contributed by atoms with E-state index in [0.29, 0.717) is 10.8 Å². The zero-order chi connectivity index (χ0) is 19.6. The molecule has 1 heterocycles. The molecule has 6 nitrogen and oxygen atoms in total. The second kappa shape index (κ2) is 7.54. The second-order valence-corrected chi connectivity index (χ2v) is 5.00. The Morgan fingerprint density at radius 1 is 0.962 bits per heavy atom. The highest BCUT2D eigenvalue weighted by Crippen LogP contribution is 2.25. The van der Waals surface area contributed by atoms with E-state index in [-0.39, 0.29) is 13.2 Å². The highest BCUT2D eigenvalue weighted by atomic mass is 19.2. The minimum atomic E-state index is -2.21. The van der Waals surface area contributed by atoms with Crippen LogP contribution in [-0.4, -0.2) is 29.7 Å². The standard InChI is InChI=1S/C16H13F4NO5/c1-3-25-8(22)6-21-5-7(16(24)26-4-2)15(23)9-10(17)11(18)12(19)13(20)14(9)21/h5H,3-4,6H2,1-2H3. The summed E-state index contributed by atoms with van der Waals surface area (Å²) in [5.41, 5.74) is -3.17. The first-order valence-electron chi connectivity index (χ1n) is 7.46. The first-order chi connectivity index (χ1) is 12.2. The Morgan fingerprint density at radius 2 is 1.54 bits per heavy atom. The molecule has 0 atom stereocenters. The monoisotopic (exact) mass is 375 g/mol. The largest absolute Gasteiger partial charge is 0.465 e. The van der Waals surface area contributed by atoms with Crippen molar-refractivity contribution in [1.29, 1.82) is 0 Å². The van der Waals surface area contributed by atoms with Crippen LogP contribution in [0.15, 0.2) is 11.0 Å². The molecule has 26 heavy (non-hydrogen) atoms. The average Bonchev–Trinajstić information content (AvgIpc) is 2.59. The van der Waals surface area contributed by atoms with Crippen molar-refractivity contribution in [2.75, 3.05) is 13.2 Å². The third kappa shape index (κ3) is 3.26. The van der Waals surface area contributed by atoms with E-state index >= 15 is 0 Å². The molecule has 2 aromatic rings. The van der Waals surface area contributed by atoms with E-state index in [2.05, 4.69) is 9.47 Å². The van der Waals surface area contributed by atoms with Crippen molar-refractivity contribution in [2.45, 2.75) is 20.4 Å². The van der Waals surface area contributed by atoms with E-state index in [0.717, 1.165) is 0 Å². The molecule has 0 amide bonds. The lowest BCUT2D eigenvalue weighted by atomic mass is 10.1. The van der Waals surface area contributed by atoms with Gasteiger partial charge in [0.1, 0.15) is 12.1 Å². The number of halogens is 4. The zero-order valence-electron chi connectivity index (χ0n) is 13.7. The molecule has 10 heteroatoms. The number of rotatable bonds is 5. The first kappa shape index (κ1) is 19.4. The van der Waals surface area contributed by atoms with E-state index in [1.165, 1.54) is 13.8 Å². The lowest BCUT2D eigenvalue weighted by molar-refractivity contribution is -0.143. The molecule has 0 saturated carbocycles. The molecule has 0 fully saturated rings. The predicted molar refractivity (Wildman–Crippen MR) is 80.6 cm³/mol. The van der Waals surface area contributed by atoms with E-state index in [9.17, 15) is 31.9 Å². The molecular weight excluding hydrogens is 362 g/mol. The number of carbonyl (C=O) groups is 2. The van der Waals surface area contributed by atoms with Gasteiger partial charge in [0, 0.05) is 6.20 Å². The summed E-state index contributed by atoms with van der Waals surface area (Å²) in [6.45, 7) is 1.97. The van der Waals surface area contributed by atoms with Crippen LogP contribution in [0.5, 0.6) is 0 Å². The third-order valence-corrected chi connectivity index (χ3v) is 3.39. The minimum absolute atomic E-state index is 0.0401. The van der Waals surface area contributed by atoms with Gasteiger partial charge in [-0.15, -0.1) is 0 Å². The first-order valence-corrected chi connectivity index (χ1v) is 7.46. The highest BCUT2D eigenvalue weighted by molar-refractivity contribution is 5.94. The Hall–Kier alpha value is -2.91. The maximum Gasteiger partial charge on any atom is 0.343 e. The van der Waals surface area contributed by atoms with Crippen LogP contribution < -0.4 is 5.43 Å². The lowest BCUT2D eigenvalue weighted by Crippen LogP contribution is -2.25. The number of hydrogen-bond donors (Lipinski definition) is 0. The van der Waals surface area contributed by atoms with Gasteiger partial charge in [0.25, 0.3) is 0 Å². The quantitative estimate of drug-likeness (QED) is 0.347. The SMILES string of the molecule is CCOC(=O)Cn1cc(C(=O)OCC)c(=O)c2c(F)c(F)c(F)c(F)c21. The van der Waals surface area contributed by atoms with Gasteiger partial charge in [0.15, 0.2) is 23.3 Å². The summed E-state index contributed by atoms with van der Waals surface area (Å²) in [5, 5.41) is -1.21. The highest BCUT2D eigenvalue weighted by Gasteiger charge is 2.28. The van der Waals surface area contributed by atoms with Crippen molar-refractivity contribution >= 4 is 22.8 Å². The van der Waals surface area contributed by atoms with Crippen LogP contribution in [0.2, 0.25) is 0 Å². The fraction of sp³-hybridized carbons (Fsp3) is 0.312. The fourth-order valence-corrected chi connectivity index (χ4v) is 2.34. The minimum Gasteiger partial charge on any atom is -0.465 e. The van der Waals surface area contributed by atoms with Gasteiger partial charge < -0.3 is 14.0 Å². The van der Waals surface area contributed by atoms with Crippen LogP contribution in [0.1, 0.15) is 24.2 Å². The van der Waals surface area contributed by atoms with Crippen LogP contribution in [0, 0.1) is 23.3 Å². The van der Waals surface area contributed by atoms with Gasteiger partial charge in [-0.05, 0) is 13.8 Å². The molecule has 2 rings (SSSR count). The molecule has 0 unspecified atom stereocenters. The number of hydrogen-bond acceptors (Lipinski definition) is 5. The number of ether oxygens (including phenoxy) is 2. The Morgan fingerprint density at radius 3 is 2.12 bits per heavy atom. The molecule has 0 aliphatic heterocycles. The van der Waals surface area contributed by atoms with E-state index < -0.39 is 63.6 Å². The normalized spacial score (nSPS) is 10.8. The van der Waals surface area contributed by atoms with Gasteiger partial charge in [0.05, 0.1) is 24.1 Å². The Bertz CT molecular complexity index is 954. The van der Waals surface area contributed by atoms with Crippen LogP contribution in [0.25, 0.3) is 10.9 Å². The number of benzene rings is 1. The van der Waals surface area contributed by atoms with Crippen molar-refractivity contribution < 1.29 is 36.6 Å². The maximum atomic E-state index is 14.2. The van der Waals surface area contributed by atoms with Gasteiger partial charge in [-0.1, -0.05) is 0 Å². The average molecular weight is 375 g/mol. The van der Waals surface area contributed by atoms with E-state index in [1.807, 2.05) is 0 Å². The van der Waals surface area contributed by atoms with Crippen LogP contribution >= 0.6 is 0 Å². The van der Waals surface area contributed by atoms with Gasteiger partial charge in [-0.2, -0.15) is 0 Å². The van der Waals surface area contributed by atoms with Crippen molar-refractivity contribution in [1.82, 2.24) is 4.57 Å². The molecule has 1 aromatic carbocycles. The maximum absolute atomic E-state index is 14.2. The van der Waals surface area contributed by atoms with Gasteiger partial charge in [-0.25, -0.2) is 22.4 Å². The smallest absolute Gasteiger partial charge is 0.343 e. The number of pyridine rings is 1. The summed E-state index contributed by atoms with van der Waals surface area (Å²) >= 11 is 0. The molecule has 0 aliphatic rings. The topological polar surface area (TPSA) is 74.6 Å². The van der Waals surface area contributed by atoms with Crippen molar-refractivity contribution in [3.8, 4) is 0 Å². The third-order valence-electron chi connectivity index (χ3n) is 3.39. The second-order valence-electron chi connectivity index (χ2n) is 5.00. The molecule has 0 N–H and O–H groups in total. The molecule has 0 saturated heterocycles. The molecule has 140 valence electrons. The number of esters is 2. The number of carbonyl (C=O) groups excluding carboxylic acids is 2. The van der Waals surface area contributed by atoms with Crippen molar-refractivity contribution in [3.05, 3.63) is 45.3 Å². The Balaban J connectivity index is 2.90. The van der Waals surface area contributed by atoms with Gasteiger partial charge in [-0.3, -0.25) is 9.59 Å². The number of nitrogens with zero attached hydrogens (tertiary/aromatic N) is 1. The zero-order valence-corrected chi connectivity index (χ0v) is 13.7. The molecule has 1 aromatic heterocycles. The molecule has 0 aliphatic carbocycles. The fourth-order valence-electron chi connectivity index (χ4n) is 2.34. The van der Waals surface area contributed by atoms with E-state index in [1.54, 1.807) is 0 Å². The molecular formula is C16H13F4NO5. The van der Waals surface area contributed by atoms with Crippen LogP contribution in [-0.2, 0) is 20.8 Å². The summed E-state index contributed by atoms with van der Waals surface area (Å²) in [5.74, 6) is -10.4. The van der Waals surface area contributed by atoms with Crippen LogP contribution in [0.3, 0.4) is 0 Å². The lowest BCUT2D eigenvalue weighted by Gasteiger charge is -2.14. The van der Waals surface area contributed by atoms with Gasteiger partial charge >= 0.3 is 11.9 Å². The number of fused-ring (bicyclic) bond motifs is 1. The molecule has 0 radical (unpaired) electrons. The summed E-state index contributed by atoms with van der Waals surface area (Å²) in [7, 11) is 0. The summed E-state index contributed by atoms with van der Waals surface area (Å²) < 4.78 is 65.3. The Kier molecular flexibility index (Phi) is 5.63. The molecule has 0 bridgehead atoms. The van der Waals surface area contributed by atoms with Crippen LogP contribution in [0.4, 0.5) is 17.6 Å². The summed E-state index contributed by atoms with van der Waals surface area (Å²) in [6.07, 6.45) is 0.708. The van der Waals surface area contributed by atoms with Crippen molar-refractivity contribution in [2.24, 2.45) is 0 Å². The number of aromatic nitrogens is 1. The predicted octanol–water partition coefficient (Wildman–Crippen LogP) is 2.30. The Labute approximate surface area is 143 Å².